The van der Waals surface area contributed by atoms with Gasteiger partial charge >= 0.3 is 0 Å². The zero-order chi connectivity index (χ0) is 26.7. The number of hydrogen-bond donors (Lipinski definition) is 2. The summed E-state index contributed by atoms with van der Waals surface area (Å²) in [4.78, 5) is 31.7. The van der Waals surface area contributed by atoms with Gasteiger partial charge in [-0.05, 0) is 51.9 Å². The molecule has 2 amide bonds. The number of rotatable bonds is 4. The first kappa shape index (κ1) is 23.8. The number of thiazole rings is 1. The lowest BCUT2D eigenvalue weighted by Gasteiger charge is -2.52. The van der Waals surface area contributed by atoms with Crippen LogP contribution in [0, 0.1) is 6.92 Å². The summed E-state index contributed by atoms with van der Waals surface area (Å²) in [6.45, 7) is 3.59. The van der Waals surface area contributed by atoms with E-state index >= 15 is 0 Å². The standard InChI is InChI=1S/C33H27N3O2S/c1-19-15-16-25(22-10-4-3-9-21(19)22)29-18-39-32(34-29)35-31(38)33(36-20(2)37)17-28-23-11-5-7-13-26(23)30(33)27-14-8-6-12-24(27)28/h3-16,18,28,30H,17H2,1-2H3,(H,36,37)(H,34,35,38). The fraction of sp³-hybridized carbons (Fsp3) is 0.182. The van der Waals surface area contributed by atoms with Crippen LogP contribution in [0.15, 0.2) is 90.3 Å². The van der Waals surface area contributed by atoms with Crippen molar-refractivity contribution in [3.63, 3.8) is 0 Å². The number of nitrogens with one attached hydrogen (secondary N) is 2. The fourth-order valence-electron chi connectivity index (χ4n) is 6.76. The van der Waals surface area contributed by atoms with E-state index in [4.69, 9.17) is 4.98 Å². The van der Waals surface area contributed by atoms with E-state index in [1.54, 1.807) is 0 Å². The number of aromatic nitrogens is 1. The maximum Gasteiger partial charge on any atom is 0.252 e. The second-order valence-corrected chi connectivity index (χ2v) is 11.4. The Bertz CT molecular complexity index is 1740. The Morgan fingerprint density at radius 1 is 0.846 bits per heavy atom. The summed E-state index contributed by atoms with van der Waals surface area (Å²) in [6, 6.07) is 29.1. The monoisotopic (exact) mass is 529 g/mol. The van der Waals surface area contributed by atoms with Gasteiger partial charge in [-0.25, -0.2) is 4.98 Å². The van der Waals surface area contributed by atoms with E-state index in [9.17, 15) is 9.59 Å². The number of aryl methyl sites for hydroxylation is 1. The summed E-state index contributed by atoms with van der Waals surface area (Å²) in [5.41, 5.74) is 6.61. The van der Waals surface area contributed by atoms with Crippen molar-refractivity contribution in [1.82, 2.24) is 10.3 Å². The predicted octanol–water partition coefficient (Wildman–Crippen LogP) is 6.77. The van der Waals surface area contributed by atoms with Crippen molar-refractivity contribution >= 4 is 39.1 Å². The molecule has 3 aliphatic carbocycles. The number of hydrogen-bond acceptors (Lipinski definition) is 4. The zero-order valence-electron chi connectivity index (χ0n) is 21.7. The highest BCUT2D eigenvalue weighted by Crippen LogP contribution is 2.57. The van der Waals surface area contributed by atoms with Crippen LogP contribution in [0.5, 0.6) is 0 Å². The second-order valence-electron chi connectivity index (χ2n) is 10.6. The molecule has 3 aliphatic rings. The molecule has 192 valence electrons. The number of carbonyl (C=O) groups is 2. The summed E-state index contributed by atoms with van der Waals surface area (Å²) in [7, 11) is 0. The van der Waals surface area contributed by atoms with Crippen LogP contribution < -0.4 is 10.6 Å². The quantitative estimate of drug-likeness (QED) is 0.270. The van der Waals surface area contributed by atoms with Crippen LogP contribution in [0.2, 0.25) is 0 Å². The Labute approximate surface area is 230 Å². The first-order chi connectivity index (χ1) is 19.0. The highest BCUT2D eigenvalue weighted by molar-refractivity contribution is 7.14. The molecule has 0 fully saturated rings. The predicted molar refractivity (Wildman–Crippen MR) is 156 cm³/mol. The van der Waals surface area contributed by atoms with Gasteiger partial charge in [-0.2, -0.15) is 0 Å². The zero-order valence-corrected chi connectivity index (χ0v) is 22.5. The van der Waals surface area contributed by atoms with Crippen LogP contribution in [-0.2, 0) is 9.59 Å². The maximum atomic E-state index is 14.3. The van der Waals surface area contributed by atoms with E-state index < -0.39 is 5.54 Å². The number of fused-ring (bicyclic) bond motifs is 2. The molecule has 0 spiro atoms. The molecule has 1 atom stereocenters. The Kier molecular flexibility index (Phi) is 5.42. The Hall–Kier alpha value is -4.29. The van der Waals surface area contributed by atoms with E-state index in [-0.39, 0.29) is 23.7 Å². The number of carbonyl (C=O) groups excluding carboxylic acids is 2. The van der Waals surface area contributed by atoms with Gasteiger partial charge in [-0.3, -0.25) is 14.9 Å². The van der Waals surface area contributed by atoms with Crippen LogP contribution in [0.4, 0.5) is 5.13 Å². The van der Waals surface area contributed by atoms with Crippen molar-refractivity contribution in [1.29, 1.82) is 0 Å². The number of anilines is 1. The average Bonchev–Trinajstić information content (AvgIpc) is 3.41. The number of nitrogens with zero attached hydrogens (tertiary/aromatic N) is 1. The van der Waals surface area contributed by atoms with Gasteiger partial charge in [0, 0.05) is 29.7 Å². The van der Waals surface area contributed by atoms with Gasteiger partial charge in [0.2, 0.25) is 5.91 Å². The highest BCUT2D eigenvalue weighted by Gasteiger charge is 2.57. The van der Waals surface area contributed by atoms with Gasteiger partial charge < -0.3 is 5.32 Å². The van der Waals surface area contributed by atoms with Crippen molar-refractivity contribution < 1.29 is 9.59 Å². The van der Waals surface area contributed by atoms with Gasteiger partial charge in [-0.1, -0.05) is 84.9 Å². The fourth-order valence-corrected chi connectivity index (χ4v) is 7.47. The molecule has 1 aromatic heterocycles. The third-order valence-electron chi connectivity index (χ3n) is 8.33. The largest absolute Gasteiger partial charge is 0.341 e. The molecule has 39 heavy (non-hydrogen) atoms. The minimum absolute atomic E-state index is 0.0192. The molecular weight excluding hydrogens is 502 g/mol. The van der Waals surface area contributed by atoms with E-state index in [0.29, 0.717) is 11.6 Å². The number of amides is 2. The Morgan fingerprint density at radius 3 is 2.13 bits per heavy atom. The summed E-state index contributed by atoms with van der Waals surface area (Å²) in [5, 5.41) is 11.1. The maximum absolute atomic E-state index is 14.3. The van der Waals surface area contributed by atoms with Crippen molar-refractivity contribution in [3.05, 3.63) is 118 Å². The van der Waals surface area contributed by atoms with Crippen LogP contribution >= 0.6 is 11.3 Å². The lowest BCUT2D eigenvalue weighted by molar-refractivity contribution is -0.131. The summed E-state index contributed by atoms with van der Waals surface area (Å²) >= 11 is 1.40. The molecule has 0 aliphatic heterocycles. The van der Waals surface area contributed by atoms with Gasteiger partial charge in [0.15, 0.2) is 5.13 Å². The average molecular weight is 530 g/mol. The van der Waals surface area contributed by atoms with E-state index in [2.05, 4.69) is 66.1 Å². The minimum atomic E-state index is -1.12. The molecule has 0 saturated carbocycles. The summed E-state index contributed by atoms with van der Waals surface area (Å²) in [6.07, 6.45) is 0.498. The van der Waals surface area contributed by atoms with Gasteiger partial charge in [-0.15, -0.1) is 11.3 Å². The molecule has 5 nitrogen and oxygen atoms in total. The molecular formula is C33H27N3O2S. The van der Waals surface area contributed by atoms with Crippen LogP contribution in [0.3, 0.4) is 0 Å². The van der Waals surface area contributed by atoms with Crippen molar-refractivity contribution in [2.45, 2.75) is 37.6 Å². The molecule has 2 bridgehead atoms. The summed E-state index contributed by atoms with van der Waals surface area (Å²) in [5.74, 6) is -0.727. The molecule has 6 heteroatoms. The van der Waals surface area contributed by atoms with Gasteiger partial charge in [0.25, 0.3) is 5.91 Å². The van der Waals surface area contributed by atoms with E-state index in [0.717, 1.165) is 27.8 Å². The smallest absolute Gasteiger partial charge is 0.252 e. The third kappa shape index (κ3) is 3.62. The lowest BCUT2D eigenvalue weighted by atomic mass is 9.55. The Balaban J connectivity index is 1.29. The van der Waals surface area contributed by atoms with Gasteiger partial charge in [0.1, 0.15) is 5.54 Å². The molecule has 5 aromatic rings. The Morgan fingerprint density at radius 2 is 1.46 bits per heavy atom. The van der Waals surface area contributed by atoms with Gasteiger partial charge in [0.05, 0.1) is 5.69 Å². The lowest BCUT2D eigenvalue weighted by Crippen LogP contribution is -2.64. The third-order valence-corrected chi connectivity index (χ3v) is 9.09. The van der Waals surface area contributed by atoms with Crippen molar-refractivity contribution in [2.75, 3.05) is 5.32 Å². The first-order valence-corrected chi connectivity index (χ1v) is 14.1. The van der Waals surface area contributed by atoms with Crippen LogP contribution in [0.25, 0.3) is 22.0 Å². The van der Waals surface area contributed by atoms with Crippen LogP contribution in [-0.4, -0.2) is 22.3 Å². The van der Waals surface area contributed by atoms with Crippen molar-refractivity contribution in [3.8, 4) is 11.3 Å². The first-order valence-electron chi connectivity index (χ1n) is 13.2. The molecule has 4 aromatic carbocycles. The SMILES string of the molecule is CC(=O)NC1(C(=O)Nc2nc(-c3ccc(C)c4ccccc34)cs2)CC2c3ccccc3C1c1ccccc12. The molecule has 2 N–H and O–H groups in total. The normalized spacial score (nSPS) is 20.8. The molecule has 1 unspecified atom stereocenters. The molecule has 0 radical (unpaired) electrons. The molecule has 8 rings (SSSR count). The topological polar surface area (TPSA) is 71.1 Å². The van der Waals surface area contributed by atoms with Crippen LogP contribution in [0.1, 0.15) is 53.0 Å². The summed E-state index contributed by atoms with van der Waals surface area (Å²) < 4.78 is 0. The second kappa shape index (κ2) is 8.89. The minimum Gasteiger partial charge on any atom is -0.341 e. The van der Waals surface area contributed by atoms with E-state index in [1.165, 1.54) is 40.3 Å². The van der Waals surface area contributed by atoms with Crippen molar-refractivity contribution in [2.24, 2.45) is 0 Å². The van der Waals surface area contributed by atoms with E-state index in [1.807, 2.05) is 41.8 Å². The highest BCUT2D eigenvalue weighted by atomic mass is 32.1. The number of benzene rings is 4. The molecule has 0 saturated heterocycles. The molecule has 1 heterocycles.